The molecule has 2 nitrogen and oxygen atoms in total. The first-order valence-corrected chi connectivity index (χ1v) is 9.72. The first-order valence-electron chi connectivity index (χ1n) is 9.25. The molecule has 0 radical (unpaired) electrons. The summed E-state index contributed by atoms with van der Waals surface area (Å²) in [7, 11) is 0. The van der Waals surface area contributed by atoms with Gasteiger partial charge in [0.2, 0.25) is 0 Å². The first-order chi connectivity index (χ1) is 12.5. The summed E-state index contributed by atoms with van der Waals surface area (Å²) in [5.74, 6) is 0.887. The molecule has 1 saturated heterocycles. The van der Waals surface area contributed by atoms with Crippen molar-refractivity contribution in [1.29, 1.82) is 0 Å². The average molecular weight is 366 g/mol. The normalized spacial score (nSPS) is 24.0. The van der Waals surface area contributed by atoms with E-state index in [0.717, 1.165) is 31.6 Å². The lowest BCUT2D eigenvalue weighted by Gasteiger charge is -2.45. The highest BCUT2D eigenvalue weighted by atomic mass is 32.1. The van der Waals surface area contributed by atoms with Crippen LogP contribution in [-0.2, 0) is 5.41 Å². The number of hydrogen-bond donors (Lipinski definition) is 1. The van der Waals surface area contributed by atoms with E-state index in [-0.39, 0.29) is 5.41 Å². The van der Waals surface area contributed by atoms with Crippen molar-refractivity contribution in [2.45, 2.75) is 25.7 Å². The van der Waals surface area contributed by atoms with E-state index in [1.165, 1.54) is 11.1 Å². The van der Waals surface area contributed by atoms with Crippen LogP contribution in [0.2, 0.25) is 0 Å². The Morgan fingerprint density at radius 2 is 1.96 bits per heavy atom. The quantitative estimate of drug-likeness (QED) is 0.750. The zero-order valence-electron chi connectivity index (χ0n) is 15.6. The number of phenols is 1. The topological polar surface area (TPSA) is 23.5 Å². The summed E-state index contributed by atoms with van der Waals surface area (Å²) in [6.45, 7) is 7.73. The molecule has 1 aliphatic rings. The van der Waals surface area contributed by atoms with Crippen LogP contribution >= 0.6 is 12.2 Å². The third-order valence-electron chi connectivity index (χ3n) is 5.86. The summed E-state index contributed by atoms with van der Waals surface area (Å²) >= 11 is 5.09. The highest BCUT2D eigenvalue weighted by Crippen LogP contribution is 2.40. The number of aromatic hydroxyl groups is 1. The zero-order valence-corrected chi connectivity index (χ0v) is 16.4. The Morgan fingerprint density at radius 1 is 1.19 bits per heavy atom. The fraction of sp³-hybridized carbons (Fsp3) is 0.348. The van der Waals surface area contributed by atoms with E-state index in [2.05, 4.69) is 49.1 Å². The van der Waals surface area contributed by atoms with Crippen LogP contribution in [-0.4, -0.2) is 35.0 Å². The molecule has 0 amide bonds. The van der Waals surface area contributed by atoms with Gasteiger partial charge in [0.05, 0.1) is 0 Å². The summed E-state index contributed by atoms with van der Waals surface area (Å²) in [5.41, 5.74) is 3.64. The number of nitrogens with zero attached hydrogens (tertiary/aromatic N) is 1. The number of thiocarbonyl (C=S) groups is 1. The molecule has 26 heavy (non-hydrogen) atoms. The van der Waals surface area contributed by atoms with Gasteiger partial charge in [0.1, 0.15) is 5.75 Å². The van der Waals surface area contributed by atoms with Crippen LogP contribution in [0.4, 0.5) is 0 Å². The Kier molecular flexibility index (Phi) is 5.90. The van der Waals surface area contributed by atoms with Crippen LogP contribution in [0.5, 0.6) is 5.75 Å². The van der Waals surface area contributed by atoms with Gasteiger partial charge in [0, 0.05) is 18.5 Å². The lowest BCUT2D eigenvalue weighted by molar-refractivity contribution is 0.121. The van der Waals surface area contributed by atoms with Crippen LogP contribution in [0.15, 0.2) is 54.6 Å². The maximum atomic E-state index is 9.83. The summed E-state index contributed by atoms with van der Waals surface area (Å²) in [6, 6.07) is 16.0. The Hall–Kier alpha value is -1.97. The molecule has 2 atom stereocenters. The molecule has 0 aromatic heterocycles. The number of phenolic OH excluding ortho intramolecular Hbond substituents is 1. The van der Waals surface area contributed by atoms with E-state index < -0.39 is 0 Å². The van der Waals surface area contributed by atoms with Gasteiger partial charge in [-0.1, -0.05) is 74.6 Å². The predicted molar refractivity (Wildman–Crippen MR) is 114 cm³/mol. The smallest absolute Gasteiger partial charge is 0.115 e. The number of benzene rings is 2. The largest absolute Gasteiger partial charge is 0.508 e. The minimum Gasteiger partial charge on any atom is -0.508 e. The SMILES string of the molecule is C[C@H]1CN(C/C=C/c2ccccc2C=S)CC[C@@]1(C)c1cccc(O)c1. The second-order valence-corrected chi connectivity index (χ2v) is 7.76. The molecule has 0 aliphatic carbocycles. The van der Waals surface area contributed by atoms with Gasteiger partial charge in [-0.2, -0.15) is 0 Å². The van der Waals surface area contributed by atoms with Crippen molar-refractivity contribution in [3.05, 3.63) is 71.3 Å². The third-order valence-corrected chi connectivity index (χ3v) is 6.11. The van der Waals surface area contributed by atoms with Gasteiger partial charge in [-0.3, -0.25) is 4.90 Å². The van der Waals surface area contributed by atoms with E-state index >= 15 is 0 Å². The molecule has 0 unspecified atom stereocenters. The predicted octanol–water partition coefficient (Wildman–Crippen LogP) is 5.05. The second kappa shape index (κ2) is 8.15. The number of piperidine rings is 1. The molecule has 2 aromatic carbocycles. The Morgan fingerprint density at radius 3 is 2.65 bits per heavy atom. The van der Waals surface area contributed by atoms with Crippen molar-refractivity contribution in [3.63, 3.8) is 0 Å². The Bertz CT molecular complexity index is 800. The van der Waals surface area contributed by atoms with Crippen molar-refractivity contribution >= 4 is 23.7 Å². The van der Waals surface area contributed by atoms with Crippen molar-refractivity contribution in [2.75, 3.05) is 19.6 Å². The van der Waals surface area contributed by atoms with Crippen LogP contribution in [0.3, 0.4) is 0 Å². The molecule has 1 heterocycles. The van der Waals surface area contributed by atoms with Gasteiger partial charge >= 0.3 is 0 Å². The van der Waals surface area contributed by atoms with Crippen LogP contribution in [0, 0.1) is 5.92 Å². The fourth-order valence-electron chi connectivity index (χ4n) is 3.87. The maximum absolute atomic E-state index is 9.83. The molecule has 3 heteroatoms. The van der Waals surface area contributed by atoms with Crippen LogP contribution in [0.25, 0.3) is 6.08 Å². The maximum Gasteiger partial charge on any atom is 0.115 e. The van der Waals surface area contributed by atoms with Gasteiger partial charge in [0.15, 0.2) is 0 Å². The highest BCUT2D eigenvalue weighted by Gasteiger charge is 2.37. The van der Waals surface area contributed by atoms with Gasteiger partial charge in [-0.15, -0.1) is 0 Å². The van der Waals surface area contributed by atoms with Gasteiger partial charge in [-0.25, -0.2) is 0 Å². The van der Waals surface area contributed by atoms with Gasteiger partial charge < -0.3 is 5.11 Å². The average Bonchev–Trinajstić information content (AvgIpc) is 2.65. The summed E-state index contributed by atoms with van der Waals surface area (Å²) < 4.78 is 0. The molecule has 0 bridgehead atoms. The Balaban J connectivity index is 1.64. The van der Waals surface area contributed by atoms with Crippen LogP contribution in [0.1, 0.15) is 37.0 Å². The van der Waals surface area contributed by atoms with Gasteiger partial charge in [0.25, 0.3) is 0 Å². The summed E-state index contributed by atoms with van der Waals surface area (Å²) in [5, 5.41) is 11.6. The summed E-state index contributed by atoms with van der Waals surface area (Å²) in [4.78, 5) is 2.51. The number of likely N-dealkylation sites (tertiary alicyclic amines) is 1. The number of hydrogen-bond acceptors (Lipinski definition) is 3. The lowest BCUT2D eigenvalue weighted by atomic mass is 9.68. The summed E-state index contributed by atoms with van der Waals surface area (Å²) in [6.07, 6.45) is 5.51. The van der Waals surface area contributed by atoms with E-state index in [9.17, 15) is 5.11 Å². The van der Waals surface area contributed by atoms with E-state index in [1.54, 1.807) is 11.4 Å². The zero-order chi connectivity index (χ0) is 18.6. The minimum atomic E-state index is 0.114. The molecule has 1 N–H and O–H groups in total. The Labute approximate surface area is 162 Å². The second-order valence-electron chi connectivity index (χ2n) is 7.53. The molecule has 2 aromatic rings. The molecule has 0 spiro atoms. The molecule has 1 aliphatic heterocycles. The molecular formula is C23H27NOS. The minimum absolute atomic E-state index is 0.114. The standard InChI is InChI=1S/C23H27NOS/c1-18-16-24(13-6-9-19-7-3-4-8-20(19)17-26)14-12-23(18,2)21-10-5-11-22(25)15-21/h3-11,15,17-18,25H,12-14,16H2,1-2H3/b9-6+/t18-,23+/m0/s1. The van der Waals surface area contributed by atoms with E-state index in [0.29, 0.717) is 11.7 Å². The highest BCUT2D eigenvalue weighted by molar-refractivity contribution is 7.79. The molecule has 3 rings (SSSR count). The molecule has 136 valence electrons. The van der Waals surface area contributed by atoms with E-state index in [4.69, 9.17) is 12.2 Å². The van der Waals surface area contributed by atoms with Crippen LogP contribution < -0.4 is 0 Å². The van der Waals surface area contributed by atoms with Gasteiger partial charge in [-0.05, 0) is 53.1 Å². The van der Waals surface area contributed by atoms with E-state index in [1.807, 2.05) is 24.3 Å². The molecular weight excluding hydrogens is 338 g/mol. The number of rotatable bonds is 5. The molecule has 0 saturated carbocycles. The lowest BCUT2D eigenvalue weighted by Crippen LogP contribution is -2.47. The van der Waals surface area contributed by atoms with Crippen molar-refractivity contribution in [3.8, 4) is 5.75 Å². The molecule has 1 fully saturated rings. The third kappa shape index (κ3) is 4.05. The van der Waals surface area contributed by atoms with Crippen molar-refractivity contribution < 1.29 is 5.11 Å². The van der Waals surface area contributed by atoms with Crippen molar-refractivity contribution in [1.82, 2.24) is 4.90 Å². The first kappa shape index (κ1) is 18.8. The monoisotopic (exact) mass is 365 g/mol. The van der Waals surface area contributed by atoms with Crippen molar-refractivity contribution in [2.24, 2.45) is 5.92 Å². The fourth-order valence-corrected chi connectivity index (χ4v) is 4.09.